The van der Waals surface area contributed by atoms with Gasteiger partial charge in [0.2, 0.25) is 0 Å². The minimum absolute atomic E-state index is 0.165. The van der Waals surface area contributed by atoms with Gasteiger partial charge in [-0.15, -0.1) is 11.3 Å². The summed E-state index contributed by atoms with van der Waals surface area (Å²) in [5.74, 6) is -0.330. The second kappa shape index (κ2) is 7.38. The molecule has 0 aliphatic carbocycles. The summed E-state index contributed by atoms with van der Waals surface area (Å²) in [6, 6.07) is 9.13. The van der Waals surface area contributed by atoms with Crippen LogP contribution in [0.1, 0.15) is 38.4 Å². The molecule has 3 rings (SSSR count). The van der Waals surface area contributed by atoms with Gasteiger partial charge in [0, 0.05) is 27.8 Å². The third-order valence-electron chi connectivity index (χ3n) is 3.78. The largest absolute Gasteiger partial charge is 0.312 e. The first kappa shape index (κ1) is 16.4. The van der Waals surface area contributed by atoms with Crippen LogP contribution in [0.2, 0.25) is 0 Å². The van der Waals surface area contributed by atoms with Gasteiger partial charge in [-0.25, -0.2) is 0 Å². The monoisotopic (exact) mass is 392 g/mol. The predicted molar refractivity (Wildman–Crippen MR) is 94.8 cm³/mol. The highest BCUT2D eigenvalue weighted by Gasteiger charge is 2.34. The zero-order valence-electron chi connectivity index (χ0n) is 12.5. The van der Waals surface area contributed by atoms with Crippen LogP contribution in [0, 0.1) is 0 Å². The number of carbonyl (C=O) groups is 2. The van der Waals surface area contributed by atoms with E-state index >= 15 is 0 Å². The second-order valence-corrected chi connectivity index (χ2v) is 7.33. The Morgan fingerprint density at radius 3 is 2.39 bits per heavy atom. The summed E-state index contributed by atoms with van der Waals surface area (Å²) in [5.41, 5.74) is 1.05. The molecule has 4 nitrogen and oxygen atoms in total. The Balaban J connectivity index is 1.40. The average molecular weight is 393 g/mol. The van der Waals surface area contributed by atoms with Crippen LogP contribution in [0.4, 0.5) is 0 Å². The predicted octanol–water partition coefficient (Wildman–Crippen LogP) is 3.68. The first-order chi connectivity index (χ1) is 11.2. The highest BCUT2D eigenvalue weighted by molar-refractivity contribution is 9.10. The topological polar surface area (TPSA) is 49.4 Å². The van der Waals surface area contributed by atoms with Crippen LogP contribution in [0.3, 0.4) is 0 Å². The summed E-state index contributed by atoms with van der Waals surface area (Å²) in [5, 5.41) is 5.45. The lowest BCUT2D eigenvalue weighted by molar-refractivity contribution is 0.0651. The highest BCUT2D eigenvalue weighted by atomic mass is 79.9. The van der Waals surface area contributed by atoms with Gasteiger partial charge in [0.1, 0.15) is 0 Å². The normalized spacial score (nSPS) is 13.7. The number of hydrogen-bond donors (Lipinski definition) is 1. The summed E-state index contributed by atoms with van der Waals surface area (Å²) in [6.45, 7) is 2.21. The van der Waals surface area contributed by atoms with Crippen LogP contribution in [0.25, 0.3) is 0 Å². The molecule has 0 saturated heterocycles. The smallest absolute Gasteiger partial charge is 0.261 e. The number of halogens is 1. The Kier molecular flexibility index (Phi) is 5.25. The molecule has 23 heavy (non-hydrogen) atoms. The molecule has 0 bridgehead atoms. The van der Waals surface area contributed by atoms with Gasteiger partial charge < -0.3 is 5.32 Å². The van der Waals surface area contributed by atoms with Gasteiger partial charge >= 0.3 is 0 Å². The number of amides is 2. The van der Waals surface area contributed by atoms with Crippen molar-refractivity contribution < 1.29 is 9.59 Å². The standard InChI is InChI=1S/C17H17BrN2O2S/c18-12-9-13(23-11-12)10-19-7-3-4-8-20-16(21)14-5-1-2-6-15(14)17(20)22/h1-2,5-6,9,11,19H,3-4,7-8,10H2. The summed E-state index contributed by atoms with van der Waals surface area (Å²) < 4.78 is 1.12. The molecule has 2 heterocycles. The number of carbonyl (C=O) groups excluding carboxylic acids is 2. The number of hydrogen-bond acceptors (Lipinski definition) is 4. The number of rotatable bonds is 7. The van der Waals surface area contributed by atoms with Crippen molar-refractivity contribution in [2.75, 3.05) is 13.1 Å². The number of nitrogens with zero attached hydrogens (tertiary/aromatic N) is 1. The molecule has 0 saturated carbocycles. The summed E-state index contributed by atoms with van der Waals surface area (Å²) in [4.78, 5) is 27.1. The van der Waals surface area contributed by atoms with Gasteiger partial charge in [-0.05, 0) is 53.5 Å². The number of fused-ring (bicyclic) bond motifs is 1. The minimum atomic E-state index is -0.165. The van der Waals surface area contributed by atoms with Crippen molar-refractivity contribution >= 4 is 39.1 Å². The molecule has 0 atom stereocenters. The first-order valence-corrected chi connectivity index (χ1v) is 9.23. The molecule has 6 heteroatoms. The van der Waals surface area contributed by atoms with E-state index in [1.165, 1.54) is 9.78 Å². The van der Waals surface area contributed by atoms with Gasteiger partial charge in [0.15, 0.2) is 0 Å². The lowest BCUT2D eigenvalue weighted by Crippen LogP contribution is -2.31. The van der Waals surface area contributed by atoms with Crippen molar-refractivity contribution in [2.45, 2.75) is 19.4 Å². The fourth-order valence-corrected chi connectivity index (χ4v) is 4.04. The maximum absolute atomic E-state index is 12.2. The molecule has 120 valence electrons. The Labute approximate surface area is 147 Å². The molecule has 0 radical (unpaired) electrons. The molecule has 2 amide bonds. The molecule has 1 aromatic heterocycles. The van der Waals surface area contributed by atoms with Crippen molar-refractivity contribution in [3.05, 3.63) is 56.2 Å². The van der Waals surface area contributed by atoms with Crippen LogP contribution in [0.15, 0.2) is 40.2 Å². The van der Waals surface area contributed by atoms with Gasteiger partial charge in [0.25, 0.3) is 11.8 Å². The van der Waals surface area contributed by atoms with Crippen molar-refractivity contribution in [3.63, 3.8) is 0 Å². The number of imide groups is 1. The Hall–Kier alpha value is -1.50. The second-order valence-electron chi connectivity index (χ2n) is 5.42. The van der Waals surface area contributed by atoms with Crippen LogP contribution >= 0.6 is 27.3 Å². The fourth-order valence-electron chi connectivity index (χ4n) is 2.62. The van der Waals surface area contributed by atoms with E-state index in [2.05, 4.69) is 32.7 Å². The van der Waals surface area contributed by atoms with E-state index in [0.29, 0.717) is 17.7 Å². The zero-order valence-corrected chi connectivity index (χ0v) is 15.0. The molecule has 0 fully saturated rings. The van der Waals surface area contributed by atoms with Crippen molar-refractivity contribution in [3.8, 4) is 0 Å². The molecule has 0 spiro atoms. The molecule has 2 aromatic rings. The van der Waals surface area contributed by atoms with E-state index in [1.54, 1.807) is 35.6 Å². The third kappa shape index (κ3) is 3.71. The summed E-state index contributed by atoms with van der Waals surface area (Å²) in [6.07, 6.45) is 1.74. The molecule has 1 aliphatic heterocycles. The van der Waals surface area contributed by atoms with Crippen LogP contribution in [0.5, 0.6) is 0 Å². The Bertz CT molecular complexity index is 694. The van der Waals surface area contributed by atoms with Crippen LogP contribution in [-0.2, 0) is 6.54 Å². The first-order valence-electron chi connectivity index (χ1n) is 7.55. The lowest BCUT2D eigenvalue weighted by Gasteiger charge is -2.13. The van der Waals surface area contributed by atoms with Gasteiger partial charge in [-0.3, -0.25) is 14.5 Å². The van der Waals surface area contributed by atoms with Gasteiger partial charge in [-0.2, -0.15) is 0 Å². The maximum Gasteiger partial charge on any atom is 0.261 e. The summed E-state index contributed by atoms with van der Waals surface area (Å²) in [7, 11) is 0. The third-order valence-corrected chi connectivity index (χ3v) is 5.48. The molecule has 1 aromatic carbocycles. The SMILES string of the molecule is O=C1c2ccccc2C(=O)N1CCCCNCc1cc(Br)cs1. The lowest BCUT2D eigenvalue weighted by atomic mass is 10.1. The number of nitrogens with one attached hydrogen (secondary N) is 1. The quantitative estimate of drug-likeness (QED) is 0.577. The number of thiophene rings is 1. The molecular weight excluding hydrogens is 376 g/mol. The van der Waals surface area contributed by atoms with E-state index in [9.17, 15) is 9.59 Å². The molecular formula is C17H17BrN2O2S. The van der Waals surface area contributed by atoms with Crippen molar-refractivity contribution in [1.29, 1.82) is 0 Å². The zero-order chi connectivity index (χ0) is 16.2. The Morgan fingerprint density at radius 2 is 1.78 bits per heavy atom. The van der Waals surface area contributed by atoms with E-state index in [-0.39, 0.29) is 11.8 Å². The van der Waals surface area contributed by atoms with Crippen molar-refractivity contribution in [2.24, 2.45) is 0 Å². The average Bonchev–Trinajstić information content (AvgIpc) is 3.07. The van der Waals surface area contributed by atoms with Gasteiger partial charge in [-0.1, -0.05) is 12.1 Å². The Morgan fingerprint density at radius 1 is 1.09 bits per heavy atom. The van der Waals surface area contributed by atoms with Crippen LogP contribution < -0.4 is 5.32 Å². The number of unbranched alkanes of at least 4 members (excludes halogenated alkanes) is 1. The molecule has 1 N–H and O–H groups in total. The minimum Gasteiger partial charge on any atom is -0.312 e. The van der Waals surface area contributed by atoms with Crippen molar-refractivity contribution in [1.82, 2.24) is 10.2 Å². The van der Waals surface area contributed by atoms with E-state index in [1.807, 2.05) is 0 Å². The van der Waals surface area contributed by atoms with E-state index in [0.717, 1.165) is 30.4 Å². The van der Waals surface area contributed by atoms with Gasteiger partial charge in [0.05, 0.1) is 11.1 Å². The maximum atomic E-state index is 12.2. The molecule has 1 aliphatic rings. The highest BCUT2D eigenvalue weighted by Crippen LogP contribution is 2.22. The molecule has 0 unspecified atom stereocenters. The van der Waals surface area contributed by atoms with E-state index in [4.69, 9.17) is 0 Å². The summed E-state index contributed by atoms with van der Waals surface area (Å²) >= 11 is 5.16. The number of benzene rings is 1. The van der Waals surface area contributed by atoms with E-state index < -0.39 is 0 Å². The fraction of sp³-hybridized carbons (Fsp3) is 0.294. The van der Waals surface area contributed by atoms with Crippen LogP contribution in [-0.4, -0.2) is 29.8 Å².